The second-order valence-corrected chi connectivity index (χ2v) is 12.0. The van der Waals surface area contributed by atoms with Crippen molar-refractivity contribution in [1.29, 1.82) is 0 Å². The number of hydrogen-bond acceptors (Lipinski definition) is 5. The van der Waals surface area contributed by atoms with Gasteiger partial charge in [0.15, 0.2) is 6.29 Å². The molecule has 41 heavy (non-hydrogen) atoms. The van der Waals surface area contributed by atoms with Crippen LogP contribution < -0.4 is 0 Å². The molecule has 0 atom stereocenters. The van der Waals surface area contributed by atoms with Crippen molar-refractivity contribution in [2.75, 3.05) is 26.3 Å². The zero-order valence-electron chi connectivity index (χ0n) is 24.5. The predicted molar refractivity (Wildman–Crippen MR) is 161 cm³/mol. The summed E-state index contributed by atoms with van der Waals surface area (Å²) in [6.07, 6.45) is -1.52. The lowest BCUT2D eigenvalue weighted by Crippen LogP contribution is -2.40. The van der Waals surface area contributed by atoms with Gasteiger partial charge in [-0.25, -0.2) is 4.68 Å². The van der Waals surface area contributed by atoms with Crippen LogP contribution in [0.3, 0.4) is 0 Å². The lowest BCUT2D eigenvalue weighted by Gasteiger charge is -2.26. The van der Waals surface area contributed by atoms with Gasteiger partial charge < -0.3 is 19.8 Å². The average molecular weight is 554 g/mol. The van der Waals surface area contributed by atoms with Gasteiger partial charge in [0.05, 0.1) is 30.3 Å². The van der Waals surface area contributed by atoms with Crippen molar-refractivity contribution in [2.24, 2.45) is 0 Å². The van der Waals surface area contributed by atoms with Gasteiger partial charge in [-0.1, -0.05) is 65.0 Å². The molecule has 1 aromatic heterocycles. The summed E-state index contributed by atoms with van der Waals surface area (Å²) < 4.78 is 7.33. The summed E-state index contributed by atoms with van der Waals surface area (Å²) in [7, 11) is 0. The Balaban J connectivity index is 1.61. The third kappa shape index (κ3) is 6.27. The molecular formula is C34H39N3O4. The number of rotatable bonds is 6. The van der Waals surface area contributed by atoms with E-state index in [1.165, 1.54) is 11.1 Å². The SMILES string of the molecule is CC(C)c1cc(-c2cc(-c3ccc(C(O)O)cc3)nn2-c2ccc(C(=O)N3CCOCC3)cc2)cc(C(C)(C)C)c1. The first-order valence-corrected chi connectivity index (χ1v) is 14.2. The molecule has 3 aromatic carbocycles. The molecule has 7 nitrogen and oxygen atoms in total. The van der Waals surface area contributed by atoms with E-state index in [4.69, 9.17) is 9.84 Å². The highest BCUT2D eigenvalue weighted by atomic mass is 16.5. The van der Waals surface area contributed by atoms with Crippen LogP contribution in [0.1, 0.15) is 73.9 Å². The van der Waals surface area contributed by atoms with Crippen LogP contribution in [-0.4, -0.2) is 57.1 Å². The van der Waals surface area contributed by atoms with Crippen molar-refractivity contribution in [1.82, 2.24) is 14.7 Å². The highest BCUT2D eigenvalue weighted by Gasteiger charge is 2.22. The third-order valence-electron chi connectivity index (χ3n) is 7.65. The second-order valence-electron chi connectivity index (χ2n) is 12.0. The lowest BCUT2D eigenvalue weighted by molar-refractivity contribution is -0.0424. The molecule has 7 heteroatoms. The number of aliphatic hydroxyl groups is 2. The van der Waals surface area contributed by atoms with E-state index in [9.17, 15) is 15.0 Å². The Hall–Kier alpha value is -3.78. The summed E-state index contributed by atoms with van der Waals surface area (Å²) in [5, 5.41) is 24.1. The summed E-state index contributed by atoms with van der Waals surface area (Å²) >= 11 is 0. The minimum Gasteiger partial charge on any atom is -0.378 e. The number of hydrogen-bond donors (Lipinski definition) is 2. The molecule has 0 spiro atoms. The quantitative estimate of drug-likeness (QED) is 0.283. The van der Waals surface area contributed by atoms with E-state index in [1.807, 2.05) is 46.0 Å². The Kier molecular flexibility index (Phi) is 8.13. The summed E-state index contributed by atoms with van der Waals surface area (Å²) in [6, 6.07) is 23.5. The first-order valence-electron chi connectivity index (χ1n) is 14.2. The van der Waals surface area contributed by atoms with Crippen LogP contribution in [-0.2, 0) is 10.2 Å². The fraction of sp³-hybridized carbons (Fsp3) is 0.353. The Labute approximate surface area is 242 Å². The van der Waals surface area contributed by atoms with Crippen LogP contribution in [0.25, 0.3) is 28.2 Å². The van der Waals surface area contributed by atoms with Crippen LogP contribution in [0.5, 0.6) is 0 Å². The predicted octanol–water partition coefficient (Wildman–Crippen LogP) is 6.08. The maximum absolute atomic E-state index is 13.0. The maximum Gasteiger partial charge on any atom is 0.254 e. The Bertz CT molecular complexity index is 1510. The monoisotopic (exact) mass is 553 g/mol. The lowest BCUT2D eigenvalue weighted by atomic mass is 9.83. The number of carbonyl (C=O) groups is 1. The van der Waals surface area contributed by atoms with Crippen LogP contribution in [0, 0.1) is 0 Å². The molecule has 1 aliphatic rings. The van der Waals surface area contributed by atoms with Crippen molar-refractivity contribution >= 4 is 5.91 Å². The fourth-order valence-electron chi connectivity index (χ4n) is 5.01. The number of amides is 1. The molecule has 0 radical (unpaired) electrons. The van der Waals surface area contributed by atoms with E-state index in [1.54, 1.807) is 12.1 Å². The molecule has 0 bridgehead atoms. The summed E-state index contributed by atoms with van der Waals surface area (Å²) in [6.45, 7) is 13.4. The number of aromatic nitrogens is 2. The highest BCUT2D eigenvalue weighted by Crippen LogP contribution is 2.35. The molecule has 0 saturated carbocycles. The molecule has 2 heterocycles. The van der Waals surface area contributed by atoms with Gasteiger partial charge in [-0.2, -0.15) is 5.10 Å². The molecule has 2 N–H and O–H groups in total. The van der Waals surface area contributed by atoms with E-state index in [0.717, 1.165) is 28.2 Å². The van der Waals surface area contributed by atoms with Gasteiger partial charge in [-0.3, -0.25) is 4.79 Å². The molecule has 1 amide bonds. The standard InChI is InChI=1S/C34H39N3O4/c1-22(2)26-18-27(20-28(19-26)34(3,4)5)31-21-30(23-6-8-25(9-7-23)33(39)40)35-37(31)29-12-10-24(11-13-29)32(38)36-14-16-41-17-15-36/h6-13,18-22,33,39-40H,14-17H2,1-5H3. The zero-order chi connectivity index (χ0) is 29.3. The first kappa shape index (κ1) is 28.7. The molecule has 214 valence electrons. The molecule has 1 saturated heterocycles. The fourth-order valence-corrected chi connectivity index (χ4v) is 5.01. The van der Waals surface area contributed by atoms with Gasteiger partial charge in [-0.05, 0) is 64.9 Å². The number of carbonyl (C=O) groups excluding carboxylic acids is 1. The Morgan fingerprint density at radius 1 is 0.854 bits per heavy atom. The molecule has 5 rings (SSSR count). The van der Waals surface area contributed by atoms with Crippen molar-refractivity contribution < 1.29 is 19.7 Å². The van der Waals surface area contributed by atoms with E-state index in [-0.39, 0.29) is 11.3 Å². The van der Waals surface area contributed by atoms with Gasteiger partial charge in [0.1, 0.15) is 0 Å². The average Bonchev–Trinajstić information content (AvgIpc) is 3.42. The van der Waals surface area contributed by atoms with E-state index >= 15 is 0 Å². The first-order chi connectivity index (χ1) is 19.5. The summed E-state index contributed by atoms with van der Waals surface area (Å²) in [4.78, 5) is 14.9. The molecule has 0 unspecified atom stereocenters. The van der Waals surface area contributed by atoms with Crippen LogP contribution in [0.15, 0.2) is 72.8 Å². The van der Waals surface area contributed by atoms with Crippen LogP contribution in [0.4, 0.5) is 0 Å². The minimum atomic E-state index is -1.52. The van der Waals surface area contributed by atoms with Crippen molar-refractivity contribution in [3.8, 4) is 28.2 Å². The smallest absolute Gasteiger partial charge is 0.254 e. The zero-order valence-corrected chi connectivity index (χ0v) is 24.5. The largest absolute Gasteiger partial charge is 0.378 e. The van der Waals surface area contributed by atoms with E-state index in [2.05, 4.69) is 58.9 Å². The normalized spacial score (nSPS) is 14.2. The van der Waals surface area contributed by atoms with Crippen molar-refractivity contribution in [2.45, 2.75) is 52.2 Å². The Morgan fingerprint density at radius 2 is 1.51 bits per heavy atom. The second kappa shape index (κ2) is 11.6. The maximum atomic E-state index is 13.0. The molecule has 0 aliphatic carbocycles. The number of aliphatic hydroxyl groups excluding tert-OH is 1. The van der Waals surface area contributed by atoms with Crippen LogP contribution in [0.2, 0.25) is 0 Å². The minimum absolute atomic E-state index is 0.00634. The number of ether oxygens (including phenoxy) is 1. The summed E-state index contributed by atoms with van der Waals surface area (Å²) in [5.74, 6) is 0.363. The van der Waals surface area contributed by atoms with Gasteiger partial charge in [0.2, 0.25) is 0 Å². The molecule has 1 aliphatic heterocycles. The number of morpholine rings is 1. The molecule has 4 aromatic rings. The molecule has 1 fully saturated rings. The number of nitrogens with zero attached hydrogens (tertiary/aromatic N) is 3. The van der Waals surface area contributed by atoms with Gasteiger partial charge in [0.25, 0.3) is 5.91 Å². The summed E-state index contributed by atoms with van der Waals surface area (Å²) in [5.41, 5.74) is 8.02. The molecular weight excluding hydrogens is 514 g/mol. The topological polar surface area (TPSA) is 87.8 Å². The Morgan fingerprint density at radius 3 is 2.10 bits per heavy atom. The highest BCUT2D eigenvalue weighted by molar-refractivity contribution is 5.94. The van der Waals surface area contributed by atoms with Gasteiger partial charge in [0, 0.05) is 35.3 Å². The third-order valence-corrected chi connectivity index (χ3v) is 7.65. The van der Waals surface area contributed by atoms with Crippen molar-refractivity contribution in [3.63, 3.8) is 0 Å². The number of benzene rings is 3. The van der Waals surface area contributed by atoms with Gasteiger partial charge in [-0.15, -0.1) is 0 Å². The van der Waals surface area contributed by atoms with Crippen molar-refractivity contribution in [3.05, 3.63) is 95.1 Å². The van der Waals surface area contributed by atoms with E-state index in [0.29, 0.717) is 43.3 Å². The van der Waals surface area contributed by atoms with Gasteiger partial charge >= 0.3 is 0 Å². The van der Waals surface area contributed by atoms with Crippen LogP contribution >= 0.6 is 0 Å². The van der Waals surface area contributed by atoms with E-state index < -0.39 is 6.29 Å².